The molecule has 0 aromatic carbocycles. The molecule has 76 valence electrons. The van der Waals surface area contributed by atoms with Gasteiger partial charge in [0.25, 0.3) is 0 Å². The van der Waals surface area contributed by atoms with Crippen LogP contribution in [0.1, 0.15) is 6.92 Å². The third kappa shape index (κ3) is 2.85. The Hall–Kier alpha value is -1.36. The second-order valence-electron chi connectivity index (χ2n) is 2.33. The van der Waals surface area contributed by atoms with E-state index in [1.807, 2.05) is 0 Å². The maximum atomic E-state index is 13.0. The van der Waals surface area contributed by atoms with E-state index in [1.165, 1.54) is 6.20 Å². The molecule has 1 amide bonds. The molecule has 0 spiro atoms. The second-order valence-corrected chi connectivity index (χ2v) is 2.77. The molecule has 1 aromatic heterocycles. The van der Waals surface area contributed by atoms with Gasteiger partial charge in [-0.25, -0.2) is 14.2 Å². The first kappa shape index (κ1) is 10.7. The van der Waals surface area contributed by atoms with Gasteiger partial charge in [0.15, 0.2) is 11.6 Å². The number of carbonyl (C=O) groups excluding carboxylic acids is 1. The van der Waals surface area contributed by atoms with Crippen LogP contribution in [0.15, 0.2) is 12.3 Å². The van der Waals surface area contributed by atoms with E-state index in [0.717, 1.165) is 6.07 Å². The highest BCUT2D eigenvalue weighted by Gasteiger charge is 2.08. The van der Waals surface area contributed by atoms with Crippen LogP contribution in [0.25, 0.3) is 0 Å². The molecule has 14 heavy (non-hydrogen) atoms. The second kappa shape index (κ2) is 4.76. The zero-order chi connectivity index (χ0) is 10.6. The number of rotatable bonds is 2. The summed E-state index contributed by atoms with van der Waals surface area (Å²) < 4.78 is 17.6. The number of nitrogens with zero attached hydrogens (tertiary/aromatic N) is 1. The molecule has 1 N–H and O–H groups in total. The van der Waals surface area contributed by atoms with Crippen molar-refractivity contribution in [3.8, 4) is 0 Å². The minimum absolute atomic E-state index is 0.164. The molecule has 1 rings (SSSR count). The zero-order valence-electron chi connectivity index (χ0n) is 7.38. The Morgan fingerprint density at radius 2 is 2.50 bits per heavy atom. The summed E-state index contributed by atoms with van der Waals surface area (Å²) in [5, 5.41) is 2.30. The minimum Gasteiger partial charge on any atom is -0.450 e. The number of nitrogens with one attached hydrogen (secondary N) is 1. The Balaban J connectivity index is 2.72. The van der Waals surface area contributed by atoms with Gasteiger partial charge in [-0.1, -0.05) is 11.6 Å². The molecule has 0 radical (unpaired) electrons. The van der Waals surface area contributed by atoms with Crippen molar-refractivity contribution >= 4 is 23.5 Å². The topological polar surface area (TPSA) is 51.2 Å². The van der Waals surface area contributed by atoms with Crippen LogP contribution in [-0.2, 0) is 4.74 Å². The highest BCUT2D eigenvalue weighted by Crippen LogP contribution is 2.15. The molecule has 0 unspecified atom stereocenters. The Morgan fingerprint density at radius 3 is 3.07 bits per heavy atom. The van der Waals surface area contributed by atoms with Crippen LogP contribution < -0.4 is 5.32 Å². The summed E-state index contributed by atoms with van der Waals surface area (Å²) in [5.41, 5.74) is 0. The highest BCUT2D eigenvalue weighted by molar-refractivity contribution is 6.30. The number of aromatic nitrogens is 1. The molecule has 0 aliphatic heterocycles. The largest absolute Gasteiger partial charge is 0.450 e. The quantitative estimate of drug-likeness (QED) is 0.830. The maximum Gasteiger partial charge on any atom is 0.412 e. The molecule has 0 aliphatic rings. The van der Waals surface area contributed by atoms with Gasteiger partial charge in [-0.05, 0) is 13.0 Å². The Kier molecular flexibility index (Phi) is 3.64. The van der Waals surface area contributed by atoms with Gasteiger partial charge in [0.1, 0.15) is 0 Å². The molecule has 0 saturated heterocycles. The van der Waals surface area contributed by atoms with Crippen molar-refractivity contribution in [3.63, 3.8) is 0 Å². The lowest BCUT2D eigenvalue weighted by molar-refractivity contribution is 0.167. The van der Waals surface area contributed by atoms with Crippen molar-refractivity contribution < 1.29 is 13.9 Å². The van der Waals surface area contributed by atoms with Gasteiger partial charge >= 0.3 is 6.09 Å². The number of ether oxygens (including phenoxy) is 1. The van der Waals surface area contributed by atoms with E-state index < -0.39 is 11.9 Å². The standard InChI is InChI=1S/C8H8ClFN2O2/c1-2-14-8(13)12-7-6(10)3-5(9)4-11-7/h3-4H,2H2,1H3,(H,11,12,13). The zero-order valence-corrected chi connectivity index (χ0v) is 8.14. The van der Waals surface area contributed by atoms with Gasteiger partial charge in [0.05, 0.1) is 11.6 Å². The number of hydrogen-bond acceptors (Lipinski definition) is 3. The van der Waals surface area contributed by atoms with Gasteiger partial charge in [-0.15, -0.1) is 0 Å². The fourth-order valence-corrected chi connectivity index (χ4v) is 0.915. The first-order valence-corrected chi connectivity index (χ1v) is 4.26. The average Bonchev–Trinajstić information content (AvgIpc) is 2.10. The number of pyridine rings is 1. The molecule has 1 heterocycles. The number of carbonyl (C=O) groups is 1. The van der Waals surface area contributed by atoms with E-state index in [4.69, 9.17) is 11.6 Å². The summed E-state index contributed by atoms with van der Waals surface area (Å²) in [4.78, 5) is 14.5. The SMILES string of the molecule is CCOC(=O)Nc1ncc(Cl)cc1F. The van der Waals surface area contributed by atoms with Crippen LogP contribution in [0.2, 0.25) is 5.02 Å². The number of halogens is 2. The van der Waals surface area contributed by atoms with E-state index in [2.05, 4.69) is 15.0 Å². The van der Waals surface area contributed by atoms with Crippen molar-refractivity contribution in [2.45, 2.75) is 6.92 Å². The maximum absolute atomic E-state index is 13.0. The molecule has 4 nitrogen and oxygen atoms in total. The molecule has 1 aromatic rings. The van der Waals surface area contributed by atoms with E-state index in [9.17, 15) is 9.18 Å². The lowest BCUT2D eigenvalue weighted by Crippen LogP contribution is -2.15. The highest BCUT2D eigenvalue weighted by atomic mass is 35.5. The normalized spacial score (nSPS) is 9.64. The van der Waals surface area contributed by atoms with E-state index in [-0.39, 0.29) is 17.4 Å². The average molecular weight is 219 g/mol. The van der Waals surface area contributed by atoms with Crippen molar-refractivity contribution in [1.29, 1.82) is 0 Å². The molecular formula is C8H8ClFN2O2. The van der Waals surface area contributed by atoms with Crippen LogP contribution in [0.4, 0.5) is 15.0 Å². The smallest absolute Gasteiger partial charge is 0.412 e. The molecule has 0 atom stereocenters. The van der Waals surface area contributed by atoms with Crippen LogP contribution in [-0.4, -0.2) is 17.7 Å². The molecule has 0 bridgehead atoms. The molecule has 0 aliphatic carbocycles. The Morgan fingerprint density at radius 1 is 1.79 bits per heavy atom. The van der Waals surface area contributed by atoms with Crippen LogP contribution in [0, 0.1) is 5.82 Å². The fraction of sp³-hybridized carbons (Fsp3) is 0.250. The van der Waals surface area contributed by atoms with Crippen molar-refractivity contribution in [3.05, 3.63) is 23.1 Å². The first-order chi connectivity index (χ1) is 6.63. The fourth-order valence-electron chi connectivity index (χ4n) is 0.770. The van der Waals surface area contributed by atoms with Gasteiger partial charge < -0.3 is 4.74 Å². The summed E-state index contributed by atoms with van der Waals surface area (Å²) in [6.07, 6.45) is 0.479. The van der Waals surface area contributed by atoms with Crippen molar-refractivity contribution in [2.24, 2.45) is 0 Å². The van der Waals surface area contributed by atoms with Gasteiger partial charge in [-0.2, -0.15) is 0 Å². The van der Waals surface area contributed by atoms with Gasteiger partial charge in [-0.3, -0.25) is 5.32 Å². The van der Waals surface area contributed by atoms with Crippen LogP contribution in [0.5, 0.6) is 0 Å². The van der Waals surface area contributed by atoms with E-state index in [0.29, 0.717) is 0 Å². The van der Waals surface area contributed by atoms with Crippen LogP contribution >= 0.6 is 11.6 Å². The van der Waals surface area contributed by atoms with E-state index >= 15 is 0 Å². The molecule has 6 heteroatoms. The summed E-state index contributed by atoms with van der Waals surface area (Å²) in [6, 6.07) is 1.05. The predicted octanol–water partition coefficient (Wildman–Crippen LogP) is 2.44. The third-order valence-electron chi connectivity index (χ3n) is 1.30. The number of amides is 1. The summed E-state index contributed by atoms with van der Waals surface area (Å²) >= 11 is 5.47. The molecular weight excluding hydrogens is 211 g/mol. The summed E-state index contributed by atoms with van der Waals surface area (Å²) in [6.45, 7) is 1.85. The summed E-state index contributed by atoms with van der Waals surface area (Å²) in [5.74, 6) is -0.904. The first-order valence-electron chi connectivity index (χ1n) is 3.88. The monoisotopic (exact) mass is 218 g/mol. The van der Waals surface area contributed by atoms with Gasteiger partial charge in [0.2, 0.25) is 0 Å². The van der Waals surface area contributed by atoms with Crippen LogP contribution in [0.3, 0.4) is 0 Å². The number of anilines is 1. The number of hydrogen-bond donors (Lipinski definition) is 1. The van der Waals surface area contributed by atoms with Crippen molar-refractivity contribution in [1.82, 2.24) is 4.98 Å². The Bertz CT molecular complexity index is 346. The minimum atomic E-state index is -0.749. The lowest BCUT2D eigenvalue weighted by atomic mass is 10.4. The lowest BCUT2D eigenvalue weighted by Gasteiger charge is -2.04. The van der Waals surface area contributed by atoms with Crippen molar-refractivity contribution in [2.75, 3.05) is 11.9 Å². The molecule has 0 saturated carbocycles. The Labute approximate surface area is 85.0 Å². The predicted molar refractivity (Wildman–Crippen MR) is 49.8 cm³/mol. The van der Waals surface area contributed by atoms with Gasteiger partial charge in [0, 0.05) is 6.20 Å². The third-order valence-corrected chi connectivity index (χ3v) is 1.51. The summed E-state index contributed by atoms with van der Waals surface area (Å²) in [7, 11) is 0. The van der Waals surface area contributed by atoms with E-state index in [1.54, 1.807) is 6.92 Å². The molecule has 0 fully saturated rings.